The van der Waals surface area contributed by atoms with Gasteiger partial charge in [-0.3, -0.25) is 9.69 Å². The summed E-state index contributed by atoms with van der Waals surface area (Å²) < 4.78 is 40.6. The lowest BCUT2D eigenvalue weighted by molar-refractivity contribution is -0.303. The van der Waals surface area contributed by atoms with Crippen LogP contribution in [-0.4, -0.2) is 41.6 Å². The Morgan fingerprint density at radius 2 is 1.77 bits per heavy atom. The van der Waals surface area contributed by atoms with Gasteiger partial charge in [0.2, 0.25) is 18.1 Å². The summed E-state index contributed by atoms with van der Waals surface area (Å²) in [6, 6.07) is 20.3. The molecule has 1 amide bonds. The Labute approximate surface area is 232 Å². The minimum absolute atomic E-state index is 0.00839. The van der Waals surface area contributed by atoms with Crippen LogP contribution < -0.4 is 20.4 Å². The largest absolute Gasteiger partial charge is 0.573 e. The molecule has 0 spiro atoms. The molecule has 12 heteroatoms. The molecule has 2 fully saturated rings. The molecular weight excluding hydrogens is 541 g/mol. The molecular formula is C28H24F3N6O2S+. The Morgan fingerprint density at radius 1 is 1.05 bits per heavy atom. The lowest BCUT2D eigenvalue weighted by atomic mass is 10.1. The number of nitrogens with two attached hydrogens (primary N) is 1. The van der Waals surface area contributed by atoms with E-state index in [0.717, 1.165) is 24.1 Å². The maximum atomic E-state index is 12.6. The van der Waals surface area contributed by atoms with Crippen molar-refractivity contribution in [2.75, 3.05) is 10.7 Å². The number of amidine groups is 2. The van der Waals surface area contributed by atoms with Crippen molar-refractivity contribution in [2.24, 2.45) is 20.9 Å². The van der Waals surface area contributed by atoms with Crippen molar-refractivity contribution in [3.8, 4) is 5.75 Å². The Morgan fingerprint density at radius 3 is 2.48 bits per heavy atom. The van der Waals surface area contributed by atoms with Gasteiger partial charge in [0.1, 0.15) is 11.4 Å². The summed E-state index contributed by atoms with van der Waals surface area (Å²) in [5.41, 5.74) is 10.0. The summed E-state index contributed by atoms with van der Waals surface area (Å²) in [5, 5.41) is 9.09. The van der Waals surface area contributed by atoms with E-state index in [-0.39, 0.29) is 11.7 Å². The van der Waals surface area contributed by atoms with Gasteiger partial charge in [0.05, 0.1) is 17.7 Å². The van der Waals surface area contributed by atoms with Crippen LogP contribution in [0.2, 0.25) is 0 Å². The summed E-state index contributed by atoms with van der Waals surface area (Å²) in [5.74, 6) is 0.815. The van der Waals surface area contributed by atoms with Crippen LogP contribution in [0.4, 0.5) is 24.5 Å². The molecule has 2 aliphatic rings. The van der Waals surface area contributed by atoms with Gasteiger partial charge in [-0.2, -0.15) is 5.10 Å². The fraction of sp³-hybridized carbons (Fsp3) is 0.179. The molecule has 0 aromatic heterocycles. The number of alkyl halides is 3. The molecule has 5 rings (SSSR count). The van der Waals surface area contributed by atoms with Gasteiger partial charge >= 0.3 is 6.36 Å². The lowest BCUT2D eigenvalue weighted by Gasteiger charge is -2.19. The Balaban J connectivity index is 1.21. The SMILES string of the molecule is NC(=[NH+]C=Nc1ccc(OC(F)(F)F)cc1)c1ccc(/C=N/N=C2\SCC(=O)N2c2ccccc2C2CC2)cc1. The number of hydrogen-bond donors (Lipinski definition) is 2. The standard InChI is InChI=1S/C28H23F3N6O2S/c29-28(30,31)39-22-13-11-21(12-14-22)33-17-34-26(32)20-7-5-18(6-8-20)15-35-36-27-37(25(38)16-40-27)24-4-2-1-3-23(24)19-9-10-19/h1-8,11-15,17,19H,9-10,16H2,(H2,32,33,34)/p+1/b35-15+,36-27-. The Bertz CT molecular complexity index is 1500. The van der Waals surface area contributed by atoms with Gasteiger partial charge in [-0.15, -0.1) is 23.3 Å². The number of ether oxygens (including phenoxy) is 1. The van der Waals surface area contributed by atoms with Crippen molar-refractivity contribution in [3.05, 3.63) is 89.5 Å². The third kappa shape index (κ3) is 6.94. The zero-order valence-corrected chi connectivity index (χ0v) is 21.8. The van der Waals surface area contributed by atoms with Crippen LogP contribution in [-0.2, 0) is 4.79 Å². The van der Waals surface area contributed by atoms with Crippen LogP contribution in [0.25, 0.3) is 0 Å². The fourth-order valence-electron chi connectivity index (χ4n) is 3.99. The number of carbonyl (C=O) groups is 1. The first kappa shape index (κ1) is 27.1. The minimum Gasteiger partial charge on any atom is -0.406 e. The molecule has 3 N–H and O–H groups in total. The molecule has 0 atom stereocenters. The van der Waals surface area contributed by atoms with Crippen LogP contribution in [0.15, 0.2) is 88.0 Å². The topological polar surface area (TPSA) is 107 Å². The second-order valence-corrected chi connectivity index (χ2v) is 9.90. The smallest absolute Gasteiger partial charge is 0.406 e. The number of nitrogen functional groups attached to an aromatic ring is 1. The van der Waals surface area contributed by atoms with E-state index < -0.39 is 6.36 Å². The van der Waals surface area contributed by atoms with Gasteiger partial charge in [-0.05, 0) is 72.4 Å². The molecule has 0 unspecified atom stereocenters. The first-order chi connectivity index (χ1) is 19.3. The van der Waals surface area contributed by atoms with Crippen molar-refractivity contribution in [3.63, 3.8) is 0 Å². The van der Waals surface area contributed by atoms with Crippen LogP contribution in [0, 0.1) is 0 Å². The molecule has 204 valence electrons. The zero-order valence-electron chi connectivity index (χ0n) is 21.0. The summed E-state index contributed by atoms with van der Waals surface area (Å²) in [4.78, 5) is 21.2. The van der Waals surface area contributed by atoms with Crippen LogP contribution in [0.1, 0.15) is 35.4 Å². The highest BCUT2D eigenvalue weighted by Crippen LogP contribution is 2.45. The third-order valence-electron chi connectivity index (χ3n) is 6.04. The molecule has 1 saturated heterocycles. The average molecular weight is 566 g/mol. The lowest BCUT2D eigenvalue weighted by Crippen LogP contribution is -2.74. The zero-order chi connectivity index (χ0) is 28.1. The van der Waals surface area contributed by atoms with Crippen molar-refractivity contribution < 1.29 is 27.7 Å². The van der Waals surface area contributed by atoms with E-state index >= 15 is 0 Å². The second-order valence-electron chi connectivity index (χ2n) is 8.96. The number of carbonyl (C=O) groups excluding carboxylic acids is 1. The number of halogens is 3. The van der Waals surface area contributed by atoms with Crippen molar-refractivity contribution in [1.82, 2.24) is 0 Å². The van der Waals surface area contributed by atoms with Crippen molar-refractivity contribution in [2.45, 2.75) is 25.1 Å². The Hall–Kier alpha value is -4.45. The van der Waals surface area contributed by atoms with Gasteiger partial charge in [-0.1, -0.05) is 42.1 Å². The van der Waals surface area contributed by atoms with Crippen LogP contribution in [0.5, 0.6) is 5.75 Å². The number of nitrogens with zero attached hydrogens (tertiary/aromatic N) is 4. The van der Waals surface area contributed by atoms with Crippen LogP contribution >= 0.6 is 11.8 Å². The number of rotatable bonds is 8. The van der Waals surface area contributed by atoms with E-state index in [1.165, 1.54) is 47.9 Å². The van der Waals surface area contributed by atoms with E-state index in [1.807, 2.05) is 30.3 Å². The predicted molar refractivity (Wildman–Crippen MR) is 150 cm³/mol. The number of nitrogens with one attached hydrogen (secondary N) is 1. The first-order valence-electron chi connectivity index (χ1n) is 12.3. The highest BCUT2D eigenvalue weighted by molar-refractivity contribution is 8.15. The number of anilines is 1. The number of thioether (sulfide) groups is 1. The van der Waals surface area contributed by atoms with Gasteiger partial charge in [0.15, 0.2) is 5.17 Å². The average Bonchev–Trinajstić information content (AvgIpc) is 3.72. The van der Waals surface area contributed by atoms with E-state index in [9.17, 15) is 18.0 Å². The van der Waals surface area contributed by atoms with Gasteiger partial charge in [0.25, 0.3) is 0 Å². The molecule has 0 radical (unpaired) electrons. The second kappa shape index (κ2) is 11.7. The van der Waals surface area contributed by atoms with E-state index in [2.05, 4.69) is 31.0 Å². The maximum Gasteiger partial charge on any atom is 0.573 e. The molecule has 1 aliphatic carbocycles. The molecule has 1 saturated carbocycles. The molecule has 1 heterocycles. The molecule has 8 nitrogen and oxygen atoms in total. The van der Waals surface area contributed by atoms with Gasteiger partial charge < -0.3 is 10.5 Å². The normalized spacial score (nSPS) is 17.5. The monoisotopic (exact) mass is 565 g/mol. The first-order valence-corrected chi connectivity index (χ1v) is 13.3. The highest BCUT2D eigenvalue weighted by Gasteiger charge is 2.35. The molecule has 0 bridgehead atoms. The van der Waals surface area contributed by atoms with E-state index in [0.29, 0.717) is 33.9 Å². The summed E-state index contributed by atoms with van der Waals surface area (Å²) in [7, 11) is 0. The van der Waals surface area contributed by atoms with E-state index in [1.54, 1.807) is 23.2 Å². The molecule has 40 heavy (non-hydrogen) atoms. The van der Waals surface area contributed by atoms with Crippen molar-refractivity contribution >= 4 is 52.6 Å². The summed E-state index contributed by atoms with van der Waals surface area (Å²) in [6.07, 6.45) is 0.462. The number of amides is 1. The molecule has 3 aromatic carbocycles. The quantitative estimate of drug-likeness (QED) is 0.244. The minimum atomic E-state index is -4.75. The molecule has 3 aromatic rings. The number of hydrogen-bond acceptors (Lipinski definition) is 6. The molecule has 1 aliphatic heterocycles. The summed E-state index contributed by atoms with van der Waals surface area (Å²) >= 11 is 1.37. The van der Waals surface area contributed by atoms with Gasteiger partial charge in [0, 0.05) is 5.56 Å². The third-order valence-corrected chi connectivity index (χ3v) is 6.95. The Kier molecular flexibility index (Phi) is 7.96. The van der Waals surface area contributed by atoms with Crippen molar-refractivity contribution in [1.29, 1.82) is 0 Å². The predicted octanol–water partition coefficient (Wildman–Crippen LogP) is 4.08. The van der Waals surface area contributed by atoms with Crippen LogP contribution in [0.3, 0.4) is 0 Å². The highest BCUT2D eigenvalue weighted by atomic mass is 32.2. The number of para-hydroxylation sites is 1. The van der Waals surface area contributed by atoms with Gasteiger partial charge in [-0.25, -0.2) is 4.99 Å². The summed E-state index contributed by atoms with van der Waals surface area (Å²) in [6.45, 7) is 0. The number of benzene rings is 3. The number of aliphatic imine (C=N–C) groups is 1. The maximum absolute atomic E-state index is 12.6. The fourth-order valence-corrected chi connectivity index (χ4v) is 4.81. The van der Waals surface area contributed by atoms with E-state index in [4.69, 9.17) is 5.73 Å².